The maximum Gasteiger partial charge on any atom is 0.299 e. The number of carbonyl (C=O) groups excluding carboxylic acids is 1. The molecule has 2 heterocycles. The van der Waals surface area contributed by atoms with Crippen molar-refractivity contribution in [2.24, 2.45) is 0 Å². The van der Waals surface area contributed by atoms with Gasteiger partial charge < -0.3 is 24.9 Å². The van der Waals surface area contributed by atoms with Crippen molar-refractivity contribution >= 4 is 23.3 Å². The molecule has 3 N–H and O–H groups in total. The summed E-state index contributed by atoms with van der Waals surface area (Å²) in [4.78, 5) is 33.2. The summed E-state index contributed by atoms with van der Waals surface area (Å²) in [5, 5.41) is 6.08. The first-order chi connectivity index (χ1) is 16.3. The number of H-pyrrole nitrogens is 1. The number of carbonyl (C=O) groups is 1. The van der Waals surface area contributed by atoms with Gasteiger partial charge >= 0.3 is 0 Å². The van der Waals surface area contributed by atoms with Crippen LogP contribution in [0.2, 0.25) is 0 Å². The molecule has 8 heteroatoms. The van der Waals surface area contributed by atoms with Crippen molar-refractivity contribution in [3.05, 3.63) is 82.4 Å². The van der Waals surface area contributed by atoms with Crippen LogP contribution in [0.15, 0.2) is 70.1 Å². The number of anilines is 3. The molecule has 0 atom stereocenters. The van der Waals surface area contributed by atoms with Gasteiger partial charge in [0, 0.05) is 28.7 Å². The molecule has 174 valence electrons. The molecular formula is C26H27N5O3. The summed E-state index contributed by atoms with van der Waals surface area (Å²) in [6, 6.07) is 15.4. The number of aromatic amines is 1. The summed E-state index contributed by atoms with van der Waals surface area (Å²) in [7, 11) is 3.69. The molecule has 0 radical (unpaired) electrons. The van der Waals surface area contributed by atoms with Crippen LogP contribution < -0.4 is 16.2 Å². The summed E-state index contributed by atoms with van der Waals surface area (Å²) >= 11 is 0. The summed E-state index contributed by atoms with van der Waals surface area (Å²) < 4.78 is 5.96. The molecule has 0 bridgehead atoms. The largest absolute Gasteiger partial charge is 0.423 e. The number of likely N-dealkylation sites (N-methyl/N-ethyl adjacent to an activating group) is 1. The standard InChI is InChI=1S/C26H27N5O3/c1-16-7-9-18(12-21(16)20-6-5-11-27-25(20)33)23-14-28-26(34-23)30-22-13-19(10-8-17(22)2)29-24(32)15-31(3)4/h5-14H,15H2,1-4H3,(H,27,33)(H,28,30)(H,29,32). The fraction of sp³-hybridized carbons (Fsp3) is 0.192. The third-order valence-corrected chi connectivity index (χ3v) is 5.36. The number of oxazole rings is 1. The van der Waals surface area contributed by atoms with E-state index in [4.69, 9.17) is 4.42 Å². The second-order valence-electron chi connectivity index (χ2n) is 8.41. The lowest BCUT2D eigenvalue weighted by Gasteiger charge is -2.12. The van der Waals surface area contributed by atoms with Gasteiger partial charge in [-0.25, -0.2) is 4.98 Å². The van der Waals surface area contributed by atoms with Crippen LogP contribution in [0.25, 0.3) is 22.5 Å². The lowest BCUT2D eigenvalue weighted by atomic mass is 9.98. The van der Waals surface area contributed by atoms with Crippen molar-refractivity contribution in [2.75, 3.05) is 31.3 Å². The van der Waals surface area contributed by atoms with Gasteiger partial charge in [-0.3, -0.25) is 9.59 Å². The highest BCUT2D eigenvalue weighted by Gasteiger charge is 2.13. The highest BCUT2D eigenvalue weighted by atomic mass is 16.4. The topological polar surface area (TPSA) is 103 Å². The average Bonchev–Trinajstić information content (AvgIpc) is 3.25. The van der Waals surface area contributed by atoms with Gasteiger partial charge in [-0.2, -0.15) is 0 Å². The van der Waals surface area contributed by atoms with Crippen molar-refractivity contribution in [3.63, 3.8) is 0 Å². The Balaban J connectivity index is 1.56. The number of rotatable bonds is 7. The molecule has 0 aliphatic carbocycles. The Bertz CT molecular complexity index is 1390. The minimum atomic E-state index is -0.143. The Morgan fingerprint density at radius 3 is 2.62 bits per heavy atom. The fourth-order valence-electron chi connectivity index (χ4n) is 3.60. The smallest absolute Gasteiger partial charge is 0.299 e. The molecule has 4 aromatic rings. The third kappa shape index (κ3) is 5.24. The Morgan fingerprint density at radius 1 is 1.06 bits per heavy atom. The Morgan fingerprint density at radius 2 is 1.85 bits per heavy atom. The molecule has 2 aromatic carbocycles. The van der Waals surface area contributed by atoms with Crippen LogP contribution in [0.4, 0.5) is 17.4 Å². The first kappa shape index (κ1) is 23.0. The Kier molecular flexibility index (Phi) is 6.60. The molecule has 2 aromatic heterocycles. The average molecular weight is 458 g/mol. The van der Waals surface area contributed by atoms with Crippen LogP contribution in [-0.2, 0) is 4.79 Å². The normalized spacial score (nSPS) is 11.0. The zero-order chi connectivity index (χ0) is 24.2. The number of nitrogens with one attached hydrogen (secondary N) is 3. The Hall–Kier alpha value is -4.17. The zero-order valence-corrected chi connectivity index (χ0v) is 19.6. The molecule has 0 saturated carbocycles. The summed E-state index contributed by atoms with van der Waals surface area (Å²) in [6.07, 6.45) is 3.26. The number of aromatic nitrogens is 2. The molecule has 1 amide bonds. The third-order valence-electron chi connectivity index (χ3n) is 5.36. The van der Waals surface area contributed by atoms with Crippen molar-refractivity contribution in [1.82, 2.24) is 14.9 Å². The van der Waals surface area contributed by atoms with Gasteiger partial charge in [-0.05, 0) is 75.0 Å². The second-order valence-corrected chi connectivity index (χ2v) is 8.41. The van der Waals surface area contributed by atoms with Gasteiger partial charge in [0.15, 0.2) is 5.76 Å². The zero-order valence-electron chi connectivity index (χ0n) is 19.6. The van der Waals surface area contributed by atoms with Crippen molar-refractivity contribution in [2.45, 2.75) is 13.8 Å². The van der Waals surface area contributed by atoms with E-state index in [2.05, 4.69) is 20.6 Å². The highest BCUT2D eigenvalue weighted by molar-refractivity contribution is 5.93. The number of aryl methyl sites for hydroxylation is 2. The number of benzene rings is 2. The van der Waals surface area contributed by atoms with E-state index in [0.29, 0.717) is 29.6 Å². The second kappa shape index (κ2) is 9.76. The SMILES string of the molecule is Cc1ccc(NC(=O)CN(C)C)cc1Nc1ncc(-c2ccc(C)c(-c3ccc[nH]c3=O)c2)o1. The van der Waals surface area contributed by atoms with Gasteiger partial charge in [-0.15, -0.1) is 0 Å². The van der Waals surface area contributed by atoms with E-state index in [1.54, 1.807) is 29.4 Å². The number of pyridine rings is 1. The highest BCUT2D eigenvalue weighted by Crippen LogP contribution is 2.30. The van der Waals surface area contributed by atoms with E-state index in [-0.39, 0.29) is 11.5 Å². The van der Waals surface area contributed by atoms with E-state index in [0.717, 1.165) is 27.9 Å². The van der Waals surface area contributed by atoms with Crippen LogP contribution in [-0.4, -0.2) is 41.4 Å². The number of nitrogens with zero attached hydrogens (tertiary/aromatic N) is 2. The molecule has 0 saturated heterocycles. The molecule has 0 unspecified atom stereocenters. The maximum absolute atomic E-state index is 12.3. The molecule has 0 aliphatic heterocycles. The minimum absolute atomic E-state index is 0.0920. The van der Waals surface area contributed by atoms with Crippen LogP contribution in [0.5, 0.6) is 0 Å². The van der Waals surface area contributed by atoms with E-state index >= 15 is 0 Å². The molecule has 4 rings (SSSR count). The van der Waals surface area contributed by atoms with E-state index in [1.807, 2.05) is 64.3 Å². The van der Waals surface area contributed by atoms with Crippen LogP contribution in [0, 0.1) is 13.8 Å². The minimum Gasteiger partial charge on any atom is -0.423 e. The quantitative estimate of drug-likeness (QED) is 0.376. The monoisotopic (exact) mass is 457 g/mol. The van der Waals surface area contributed by atoms with E-state index < -0.39 is 0 Å². The van der Waals surface area contributed by atoms with E-state index in [9.17, 15) is 9.59 Å². The first-order valence-corrected chi connectivity index (χ1v) is 10.9. The summed E-state index contributed by atoms with van der Waals surface area (Å²) in [6.45, 7) is 4.22. The van der Waals surface area contributed by atoms with Crippen LogP contribution in [0.3, 0.4) is 0 Å². The van der Waals surface area contributed by atoms with Crippen molar-refractivity contribution in [3.8, 4) is 22.5 Å². The van der Waals surface area contributed by atoms with Gasteiger partial charge in [0.1, 0.15) is 0 Å². The number of hydrogen-bond donors (Lipinski definition) is 3. The first-order valence-electron chi connectivity index (χ1n) is 10.9. The van der Waals surface area contributed by atoms with Crippen LogP contribution in [0.1, 0.15) is 11.1 Å². The lowest BCUT2D eigenvalue weighted by molar-refractivity contribution is -0.116. The molecule has 0 spiro atoms. The lowest BCUT2D eigenvalue weighted by Crippen LogP contribution is -2.27. The molecular weight excluding hydrogens is 430 g/mol. The fourth-order valence-corrected chi connectivity index (χ4v) is 3.60. The predicted octanol–water partition coefficient (Wildman–Crippen LogP) is 4.56. The predicted molar refractivity (Wildman–Crippen MR) is 134 cm³/mol. The van der Waals surface area contributed by atoms with Gasteiger partial charge in [0.05, 0.1) is 12.7 Å². The van der Waals surface area contributed by atoms with Crippen molar-refractivity contribution < 1.29 is 9.21 Å². The maximum atomic E-state index is 12.3. The molecule has 8 nitrogen and oxygen atoms in total. The summed E-state index contributed by atoms with van der Waals surface area (Å²) in [5.74, 6) is 0.481. The number of amides is 1. The molecule has 34 heavy (non-hydrogen) atoms. The van der Waals surface area contributed by atoms with Gasteiger partial charge in [0.25, 0.3) is 11.6 Å². The number of hydrogen-bond acceptors (Lipinski definition) is 6. The molecule has 0 aliphatic rings. The van der Waals surface area contributed by atoms with Crippen LogP contribution >= 0.6 is 0 Å². The van der Waals surface area contributed by atoms with Gasteiger partial charge in [-0.1, -0.05) is 18.2 Å². The van der Waals surface area contributed by atoms with Crippen molar-refractivity contribution in [1.29, 1.82) is 0 Å². The molecule has 0 fully saturated rings. The summed E-state index contributed by atoms with van der Waals surface area (Å²) in [5.41, 5.74) is 5.53. The van der Waals surface area contributed by atoms with E-state index in [1.165, 1.54) is 0 Å². The van der Waals surface area contributed by atoms with Gasteiger partial charge in [0.2, 0.25) is 5.91 Å². The Labute approximate surface area is 197 Å².